The van der Waals surface area contributed by atoms with Crippen LogP contribution in [0.2, 0.25) is 0 Å². The summed E-state index contributed by atoms with van der Waals surface area (Å²) < 4.78 is 0. The van der Waals surface area contributed by atoms with Crippen molar-refractivity contribution in [2.75, 3.05) is 0 Å². The molecule has 5 nitrogen and oxygen atoms in total. The van der Waals surface area contributed by atoms with Crippen molar-refractivity contribution < 1.29 is 14.9 Å². The lowest BCUT2D eigenvalue weighted by Gasteiger charge is -2.15. The van der Waals surface area contributed by atoms with E-state index in [9.17, 15) is 4.79 Å². The maximum atomic E-state index is 10.5. The Hall–Kier alpha value is -1.75. The molecule has 0 saturated carbocycles. The zero-order chi connectivity index (χ0) is 15.8. The summed E-state index contributed by atoms with van der Waals surface area (Å²) in [6.07, 6.45) is 0. The van der Waals surface area contributed by atoms with Gasteiger partial charge in [0.2, 0.25) is 0 Å². The third-order valence-electron chi connectivity index (χ3n) is 1.74. The highest BCUT2D eigenvalue weighted by Gasteiger charge is 2.11. The number of benzene rings is 1. The summed E-state index contributed by atoms with van der Waals surface area (Å²) in [4.78, 5) is 14.0. The van der Waals surface area contributed by atoms with Crippen molar-refractivity contribution in [2.24, 2.45) is 10.2 Å². The molecule has 20 heavy (non-hydrogen) atoms. The van der Waals surface area contributed by atoms with E-state index < -0.39 is 5.97 Å². The first-order chi connectivity index (χ1) is 9.05. The molecule has 5 heteroatoms. The first-order valence-electron chi connectivity index (χ1n) is 6.40. The molecular weight excluding hydrogens is 256 g/mol. The minimum atomic E-state index is -0.736. The Labute approximate surface area is 120 Å². The topological polar surface area (TPSA) is 71.2 Å². The highest BCUT2D eigenvalue weighted by molar-refractivity contribution is 5.88. The molecule has 0 spiro atoms. The van der Waals surface area contributed by atoms with Crippen LogP contribution >= 0.6 is 0 Å². The number of carbonyl (C=O) groups excluding carboxylic acids is 1. The molecule has 0 radical (unpaired) electrons. The van der Waals surface area contributed by atoms with Gasteiger partial charge in [-0.1, -0.05) is 18.2 Å². The second-order valence-corrected chi connectivity index (χ2v) is 6.29. The van der Waals surface area contributed by atoms with Gasteiger partial charge >= 0.3 is 5.97 Å². The van der Waals surface area contributed by atoms with Gasteiger partial charge in [-0.25, -0.2) is 4.79 Å². The molecule has 1 aromatic carbocycles. The maximum Gasteiger partial charge on any atom is 0.372 e. The Bertz CT molecular complexity index is 413. The van der Waals surface area contributed by atoms with Crippen molar-refractivity contribution in [3.05, 3.63) is 35.9 Å². The van der Waals surface area contributed by atoms with E-state index in [-0.39, 0.29) is 11.1 Å². The highest BCUT2D eigenvalue weighted by atomic mass is 17.1. The molecule has 0 bridgehead atoms. The molecule has 0 heterocycles. The van der Waals surface area contributed by atoms with E-state index >= 15 is 0 Å². The maximum absolute atomic E-state index is 10.5. The van der Waals surface area contributed by atoms with Crippen molar-refractivity contribution in [1.82, 2.24) is 0 Å². The van der Waals surface area contributed by atoms with Gasteiger partial charge in [-0.15, -0.1) is 0 Å². The molecule has 0 fully saturated rings. The fourth-order valence-corrected chi connectivity index (χ4v) is 0.927. The van der Waals surface area contributed by atoms with E-state index in [0.717, 1.165) is 0 Å². The van der Waals surface area contributed by atoms with Crippen molar-refractivity contribution in [3.8, 4) is 0 Å². The van der Waals surface area contributed by atoms with Gasteiger partial charge in [0.25, 0.3) is 0 Å². The third kappa shape index (κ3) is 10.2. The van der Waals surface area contributed by atoms with Crippen LogP contribution in [0.25, 0.3) is 0 Å². The SMILES string of the molecule is CC(C)(C)N=NC(C)(C)C.O=C(OO)c1ccccc1. The zero-order valence-electron chi connectivity index (χ0n) is 13.0. The summed E-state index contributed by atoms with van der Waals surface area (Å²) in [6, 6.07) is 8.25. The van der Waals surface area contributed by atoms with Gasteiger partial charge in [0, 0.05) is 0 Å². The third-order valence-corrected chi connectivity index (χ3v) is 1.74. The first-order valence-corrected chi connectivity index (χ1v) is 6.40. The molecule has 0 unspecified atom stereocenters. The van der Waals surface area contributed by atoms with Crippen LogP contribution in [0, 0.1) is 0 Å². The van der Waals surface area contributed by atoms with E-state index in [1.807, 2.05) is 41.5 Å². The lowest BCUT2D eigenvalue weighted by atomic mass is 10.1. The number of carbonyl (C=O) groups is 1. The van der Waals surface area contributed by atoms with Crippen molar-refractivity contribution in [3.63, 3.8) is 0 Å². The summed E-state index contributed by atoms with van der Waals surface area (Å²) >= 11 is 0. The molecule has 0 aromatic heterocycles. The Morgan fingerprint density at radius 2 is 1.35 bits per heavy atom. The van der Waals surface area contributed by atoms with Crippen LogP contribution in [-0.2, 0) is 4.89 Å². The monoisotopic (exact) mass is 280 g/mol. The van der Waals surface area contributed by atoms with Crippen molar-refractivity contribution in [2.45, 2.75) is 52.6 Å². The van der Waals surface area contributed by atoms with Crippen molar-refractivity contribution in [1.29, 1.82) is 0 Å². The largest absolute Gasteiger partial charge is 0.372 e. The van der Waals surface area contributed by atoms with Crippen LogP contribution in [-0.4, -0.2) is 22.3 Å². The van der Waals surface area contributed by atoms with Gasteiger partial charge in [0.15, 0.2) is 0 Å². The van der Waals surface area contributed by atoms with Gasteiger partial charge < -0.3 is 0 Å². The van der Waals surface area contributed by atoms with Crippen LogP contribution in [0.5, 0.6) is 0 Å². The van der Waals surface area contributed by atoms with Crippen LogP contribution in [0.1, 0.15) is 51.9 Å². The molecule has 0 amide bonds. The van der Waals surface area contributed by atoms with Crippen LogP contribution in [0.3, 0.4) is 0 Å². The van der Waals surface area contributed by atoms with Crippen LogP contribution in [0.4, 0.5) is 0 Å². The molecule has 1 aromatic rings. The minimum Gasteiger partial charge on any atom is -0.296 e. The molecule has 0 aliphatic heterocycles. The summed E-state index contributed by atoms with van der Waals surface area (Å²) in [5.74, 6) is -0.736. The quantitative estimate of drug-likeness (QED) is 0.472. The second kappa shape index (κ2) is 7.75. The van der Waals surface area contributed by atoms with Gasteiger partial charge in [-0.05, 0) is 53.7 Å². The van der Waals surface area contributed by atoms with Gasteiger partial charge in [0.1, 0.15) is 0 Å². The number of hydrogen-bond donors (Lipinski definition) is 1. The Balaban J connectivity index is 0.000000361. The summed E-state index contributed by atoms with van der Waals surface area (Å²) in [5, 5.41) is 16.2. The molecule has 1 rings (SSSR count). The highest BCUT2D eigenvalue weighted by Crippen LogP contribution is 2.13. The number of azo groups is 1. The summed E-state index contributed by atoms with van der Waals surface area (Å²) in [7, 11) is 0. The average molecular weight is 280 g/mol. The van der Waals surface area contributed by atoms with E-state index in [1.54, 1.807) is 30.3 Å². The summed E-state index contributed by atoms with van der Waals surface area (Å²) in [5.41, 5.74) is 0.269. The minimum absolute atomic E-state index is 0.0344. The molecule has 0 aliphatic rings. The number of nitrogens with zero attached hydrogens (tertiary/aromatic N) is 2. The average Bonchev–Trinajstić information content (AvgIpc) is 2.36. The van der Waals surface area contributed by atoms with Crippen LogP contribution in [0.15, 0.2) is 40.6 Å². The van der Waals surface area contributed by atoms with E-state index in [2.05, 4.69) is 15.1 Å². The normalized spacial score (nSPS) is 11.8. The van der Waals surface area contributed by atoms with Gasteiger partial charge in [0.05, 0.1) is 16.6 Å². The zero-order valence-corrected chi connectivity index (χ0v) is 13.0. The number of rotatable bonds is 1. The van der Waals surface area contributed by atoms with Crippen molar-refractivity contribution >= 4 is 5.97 Å². The fourth-order valence-electron chi connectivity index (χ4n) is 0.927. The predicted octanol–water partition coefficient (Wildman–Crippen LogP) is 4.35. The molecule has 0 saturated heterocycles. The van der Waals surface area contributed by atoms with E-state index in [1.165, 1.54) is 0 Å². The van der Waals surface area contributed by atoms with Gasteiger partial charge in [-0.2, -0.15) is 15.5 Å². The summed E-state index contributed by atoms with van der Waals surface area (Å²) in [6.45, 7) is 12.3. The molecular formula is C15H24N2O3. The molecule has 0 aliphatic carbocycles. The van der Waals surface area contributed by atoms with E-state index in [4.69, 9.17) is 5.26 Å². The Morgan fingerprint density at radius 3 is 1.65 bits per heavy atom. The predicted molar refractivity (Wildman–Crippen MR) is 78.8 cm³/mol. The Kier molecular flexibility index (Phi) is 7.07. The molecule has 0 atom stereocenters. The van der Waals surface area contributed by atoms with Gasteiger partial charge in [-0.3, -0.25) is 4.89 Å². The second-order valence-electron chi connectivity index (χ2n) is 6.29. The lowest BCUT2D eigenvalue weighted by molar-refractivity contribution is -0.182. The Morgan fingerprint density at radius 1 is 0.950 bits per heavy atom. The smallest absolute Gasteiger partial charge is 0.296 e. The van der Waals surface area contributed by atoms with E-state index in [0.29, 0.717) is 5.56 Å². The fraction of sp³-hybridized carbons (Fsp3) is 0.533. The van der Waals surface area contributed by atoms with Crippen LogP contribution < -0.4 is 0 Å². The standard InChI is InChI=1S/C8H18N2.C7H6O3/c1-7(2,3)9-10-8(4,5)6;8-7(10-9)6-4-2-1-3-5-6/h1-6H3;1-5,9H. The molecule has 112 valence electrons. The molecule has 1 N–H and O–H groups in total. The lowest BCUT2D eigenvalue weighted by Crippen LogP contribution is -2.14. The first kappa shape index (κ1) is 18.2. The number of hydrogen-bond acceptors (Lipinski definition) is 5.